The topological polar surface area (TPSA) is 152 Å². The molecule has 10 nitrogen and oxygen atoms in total. The van der Waals surface area contributed by atoms with Gasteiger partial charge in [-0.3, -0.25) is 9.59 Å². The van der Waals surface area contributed by atoms with Gasteiger partial charge in [-0.25, -0.2) is 0 Å². The third kappa shape index (κ3) is 20.6. The summed E-state index contributed by atoms with van der Waals surface area (Å²) in [4.78, 5) is 25.0. The number of hydrogen-bond acceptors (Lipinski definition) is 10. The molecular weight excluding hydrogens is 592 g/mol. The molecule has 46 heavy (non-hydrogen) atoms. The first-order valence-electron chi connectivity index (χ1n) is 18.3. The number of carbonyl (C=O) groups is 2. The summed E-state index contributed by atoms with van der Waals surface area (Å²) in [7, 11) is 0. The van der Waals surface area contributed by atoms with E-state index in [0.29, 0.717) is 6.42 Å². The van der Waals surface area contributed by atoms with Crippen molar-refractivity contribution in [3.05, 3.63) is 12.2 Å². The Morgan fingerprint density at radius 2 is 1.15 bits per heavy atom. The van der Waals surface area contributed by atoms with Crippen molar-refractivity contribution in [2.45, 2.75) is 185 Å². The number of rotatable bonds is 29. The van der Waals surface area contributed by atoms with Crippen molar-refractivity contribution in [1.82, 2.24) is 0 Å². The summed E-state index contributed by atoms with van der Waals surface area (Å²) in [6, 6.07) is 0. The van der Waals surface area contributed by atoms with Crippen LogP contribution in [0.3, 0.4) is 0 Å². The van der Waals surface area contributed by atoms with E-state index in [2.05, 4.69) is 26.0 Å². The van der Waals surface area contributed by atoms with E-state index in [1.807, 2.05) is 0 Å². The van der Waals surface area contributed by atoms with Crippen LogP contribution in [0.4, 0.5) is 0 Å². The van der Waals surface area contributed by atoms with Crippen LogP contribution in [0.15, 0.2) is 12.2 Å². The van der Waals surface area contributed by atoms with Crippen molar-refractivity contribution in [1.29, 1.82) is 0 Å². The van der Waals surface area contributed by atoms with E-state index in [1.165, 1.54) is 57.8 Å². The normalized spacial score (nSPS) is 22.3. The van der Waals surface area contributed by atoms with E-state index in [4.69, 9.17) is 18.9 Å². The van der Waals surface area contributed by atoms with Crippen molar-refractivity contribution < 1.29 is 49.0 Å². The molecule has 0 spiro atoms. The molecule has 0 aromatic carbocycles. The van der Waals surface area contributed by atoms with Gasteiger partial charge in [-0.2, -0.15) is 0 Å². The van der Waals surface area contributed by atoms with Gasteiger partial charge in [0.1, 0.15) is 31.0 Å². The summed E-state index contributed by atoms with van der Waals surface area (Å²) in [6.45, 7) is 3.33. The average Bonchev–Trinajstić information content (AvgIpc) is 3.05. The van der Waals surface area contributed by atoms with Crippen LogP contribution in [0.5, 0.6) is 0 Å². The number of carbonyl (C=O) groups excluding carboxylic acids is 2. The first-order chi connectivity index (χ1) is 22.3. The van der Waals surface area contributed by atoms with Gasteiger partial charge in [0.2, 0.25) is 0 Å². The standard InChI is InChI=1S/C36H66O10/c1-3-5-7-9-11-12-13-14-15-16-17-19-21-23-25-32(39)45-29(27-43-31(38)24-22-20-18-10-8-6-4-2)28-44-36-35(42)34(41)33(40)30(26-37)46-36/h13-14,29-30,33-37,40-42H,3-12,15-28H2,1-2H3/b14-13-. The van der Waals surface area contributed by atoms with Gasteiger partial charge < -0.3 is 39.4 Å². The lowest BCUT2D eigenvalue weighted by atomic mass is 9.99. The minimum Gasteiger partial charge on any atom is -0.462 e. The number of allylic oxidation sites excluding steroid dienone is 2. The van der Waals surface area contributed by atoms with E-state index < -0.39 is 49.4 Å². The fraction of sp³-hybridized carbons (Fsp3) is 0.889. The second kappa shape index (κ2) is 28.5. The lowest BCUT2D eigenvalue weighted by molar-refractivity contribution is -0.305. The molecule has 0 aromatic heterocycles. The molecule has 0 aliphatic carbocycles. The molecule has 270 valence electrons. The molecular formula is C36H66O10. The molecule has 0 radical (unpaired) electrons. The maximum Gasteiger partial charge on any atom is 0.306 e. The molecule has 0 bridgehead atoms. The van der Waals surface area contributed by atoms with Gasteiger partial charge in [0.25, 0.3) is 0 Å². The maximum absolute atomic E-state index is 12.6. The van der Waals surface area contributed by atoms with Crippen LogP contribution in [0, 0.1) is 0 Å². The minimum atomic E-state index is -1.59. The monoisotopic (exact) mass is 658 g/mol. The number of aliphatic hydroxyl groups is 4. The Bertz CT molecular complexity index is 774. The zero-order chi connectivity index (χ0) is 33.8. The largest absolute Gasteiger partial charge is 0.462 e. The van der Waals surface area contributed by atoms with Gasteiger partial charge in [0, 0.05) is 12.8 Å². The summed E-state index contributed by atoms with van der Waals surface area (Å²) < 4.78 is 21.9. The molecule has 6 atom stereocenters. The average molecular weight is 659 g/mol. The van der Waals surface area contributed by atoms with E-state index in [9.17, 15) is 30.0 Å². The summed E-state index contributed by atoms with van der Waals surface area (Å²) in [5, 5.41) is 39.8. The molecule has 1 aliphatic heterocycles. The SMILES string of the molecule is CCCCCCC/C=C\CCCCCCCC(=O)OC(COC(=O)CCCCCCCCC)COC1OC(CO)C(O)C(O)C1O. The minimum absolute atomic E-state index is 0.218. The molecule has 4 N–H and O–H groups in total. The smallest absolute Gasteiger partial charge is 0.306 e. The van der Waals surface area contributed by atoms with E-state index in [1.54, 1.807) is 0 Å². The van der Waals surface area contributed by atoms with E-state index >= 15 is 0 Å². The number of ether oxygens (including phenoxy) is 4. The number of unbranched alkanes of at least 4 members (excludes halogenated alkanes) is 16. The Morgan fingerprint density at radius 3 is 1.70 bits per heavy atom. The molecule has 0 amide bonds. The molecule has 6 unspecified atom stereocenters. The lowest BCUT2D eigenvalue weighted by Crippen LogP contribution is -2.59. The highest BCUT2D eigenvalue weighted by atomic mass is 16.7. The van der Waals surface area contributed by atoms with Gasteiger partial charge in [-0.15, -0.1) is 0 Å². The molecule has 1 aliphatic rings. The quantitative estimate of drug-likeness (QED) is 0.0425. The van der Waals surface area contributed by atoms with Crippen LogP contribution in [-0.4, -0.2) is 89.0 Å². The van der Waals surface area contributed by atoms with Crippen molar-refractivity contribution >= 4 is 11.9 Å². The third-order valence-corrected chi connectivity index (χ3v) is 8.40. The first-order valence-corrected chi connectivity index (χ1v) is 18.3. The second-order valence-electron chi connectivity index (χ2n) is 12.7. The zero-order valence-corrected chi connectivity index (χ0v) is 28.8. The van der Waals surface area contributed by atoms with Crippen LogP contribution in [-0.2, 0) is 28.5 Å². The molecule has 1 heterocycles. The molecule has 10 heteroatoms. The molecule has 1 rings (SSSR count). The van der Waals surface area contributed by atoms with Crippen LogP contribution < -0.4 is 0 Å². The molecule has 1 fully saturated rings. The van der Waals surface area contributed by atoms with Crippen molar-refractivity contribution in [3.63, 3.8) is 0 Å². The summed E-state index contributed by atoms with van der Waals surface area (Å²) in [6.07, 6.45) is 18.2. The fourth-order valence-electron chi connectivity index (χ4n) is 5.42. The van der Waals surface area contributed by atoms with Gasteiger partial charge in [-0.05, 0) is 38.5 Å². The fourth-order valence-corrected chi connectivity index (χ4v) is 5.42. The van der Waals surface area contributed by atoms with Crippen molar-refractivity contribution in [2.24, 2.45) is 0 Å². The maximum atomic E-state index is 12.6. The summed E-state index contributed by atoms with van der Waals surface area (Å²) in [5.41, 5.74) is 0. The van der Waals surface area contributed by atoms with Crippen LogP contribution in [0.2, 0.25) is 0 Å². The summed E-state index contributed by atoms with van der Waals surface area (Å²) >= 11 is 0. The van der Waals surface area contributed by atoms with Gasteiger partial charge >= 0.3 is 11.9 Å². The van der Waals surface area contributed by atoms with Crippen LogP contribution >= 0.6 is 0 Å². The van der Waals surface area contributed by atoms with E-state index in [-0.39, 0.29) is 32.0 Å². The Morgan fingerprint density at radius 1 is 0.652 bits per heavy atom. The Kier molecular flexibility index (Phi) is 26.3. The zero-order valence-electron chi connectivity index (χ0n) is 28.8. The number of aliphatic hydroxyl groups excluding tert-OH is 4. The van der Waals surface area contributed by atoms with E-state index in [0.717, 1.165) is 57.8 Å². The predicted octanol–water partition coefficient (Wildman–Crippen LogP) is 6.05. The Hall–Kier alpha value is -1.56. The van der Waals surface area contributed by atoms with Gasteiger partial charge in [0.15, 0.2) is 12.4 Å². The highest BCUT2D eigenvalue weighted by Gasteiger charge is 2.44. The molecule has 0 saturated carbocycles. The van der Waals surface area contributed by atoms with Crippen LogP contribution in [0.25, 0.3) is 0 Å². The van der Waals surface area contributed by atoms with Gasteiger partial charge in [-0.1, -0.05) is 109 Å². The lowest BCUT2D eigenvalue weighted by Gasteiger charge is -2.39. The molecule has 1 saturated heterocycles. The first kappa shape index (κ1) is 42.5. The Balaban J connectivity index is 2.41. The van der Waals surface area contributed by atoms with Crippen molar-refractivity contribution in [2.75, 3.05) is 19.8 Å². The number of esters is 2. The number of hydrogen-bond donors (Lipinski definition) is 4. The highest BCUT2D eigenvalue weighted by molar-refractivity contribution is 5.70. The highest BCUT2D eigenvalue weighted by Crippen LogP contribution is 2.22. The molecule has 0 aromatic rings. The third-order valence-electron chi connectivity index (χ3n) is 8.40. The summed E-state index contributed by atoms with van der Waals surface area (Å²) in [5.74, 6) is -0.823. The predicted molar refractivity (Wildman–Crippen MR) is 178 cm³/mol. The van der Waals surface area contributed by atoms with Crippen molar-refractivity contribution in [3.8, 4) is 0 Å². The Labute approximate surface area is 278 Å². The van der Waals surface area contributed by atoms with Crippen LogP contribution in [0.1, 0.15) is 149 Å². The second-order valence-corrected chi connectivity index (χ2v) is 12.7. The van der Waals surface area contributed by atoms with Gasteiger partial charge in [0.05, 0.1) is 13.2 Å².